The van der Waals surface area contributed by atoms with E-state index in [4.69, 9.17) is 0 Å². The molecule has 0 saturated carbocycles. The lowest BCUT2D eigenvalue weighted by molar-refractivity contribution is -0.135. The van der Waals surface area contributed by atoms with Crippen molar-refractivity contribution in [1.82, 2.24) is 34.9 Å². The van der Waals surface area contributed by atoms with E-state index in [2.05, 4.69) is 98.5 Å². The van der Waals surface area contributed by atoms with E-state index in [1.165, 1.54) is 76.0 Å². The summed E-state index contributed by atoms with van der Waals surface area (Å²) in [5.74, 6) is 2.86. The van der Waals surface area contributed by atoms with Crippen LogP contribution in [0.25, 0.3) is 21.8 Å². The summed E-state index contributed by atoms with van der Waals surface area (Å²) in [6.07, 6.45) is 14.9. The van der Waals surface area contributed by atoms with Crippen LogP contribution < -0.4 is 5.32 Å². The maximum atomic E-state index is 13.7. The number of piperidine rings is 2. The minimum absolute atomic E-state index is 0.0562. The van der Waals surface area contributed by atoms with Crippen LogP contribution in [0.1, 0.15) is 73.6 Å². The van der Waals surface area contributed by atoms with E-state index in [9.17, 15) is 9.59 Å². The topological polar surface area (TPSA) is 90.7 Å². The number of likely N-dealkylation sites (tertiary alicyclic amines) is 2. The minimum Gasteiger partial charge on any atom is -0.361 e. The zero-order chi connectivity index (χ0) is 38.6. The summed E-state index contributed by atoms with van der Waals surface area (Å²) in [4.78, 5) is 42.2. The first-order chi connectivity index (χ1) is 26.8. The van der Waals surface area contributed by atoms with Gasteiger partial charge in [-0.05, 0) is 125 Å². The quantitative estimate of drug-likeness (QED) is 0.130. The fourth-order valence-electron chi connectivity index (χ4n) is 10.5. The van der Waals surface area contributed by atoms with Gasteiger partial charge in [-0.25, -0.2) is 4.79 Å². The summed E-state index contributed by atoms with van der Waals surface area (Å²) >= 11 is 2.01. The number of thioether (sulfide) groups is 1. The van der Waals surface area contributed by atoms with E-state index in [0.717, 1.165) is 49.7 Å². The zero-order valence-electron chi connectivity index (χ0n) is 33.8. The molecule has 4 heterocycles. The van der Waals surface area contributed by atoms with Gasteiger partial charge in [0, 0.05) is 90.8 Å². The highest BCUT2D eigenvalue weighted by atomic mass is 32.2. The van der Waals surface area contributed by atoms with Crippen molar-refractivity contribution >= 4 is 45.5 Å². The molecule has 3 N–H and O–H groups in total. The molecule has 2 aromatic carbocycles. The van der Waals surface area contributed by atoms with Crippen LogP contribution in [0.15, 0.2) is 61.4 Å². The second kappa shape index (κ2) is 17.7. The number of amides is 3. The van der Waals surface area contributed by atoms with Gasteiger partial charge < -0.3 is 20.2 Å². The number of hydrogen-bond acceptors (Lipinski definition) is 6. The zero-order valence-corrected chi connectivity index (χ0v) is 34.6. The number of aromatic amines is 2. The van der Waals surface area contributed by atoms with Gasteiger partial charge >= 0.3 is 6.03 Å². The Labute approximate surface area is 332 Å². The predicted molar refractivity (Wildman–Crippen MR) is 229 cm³/mol. The smallest absolute Gasteiger partial charge is 0.324 e. The molecular formula is C45H63N7O2S. The lowest BCUT2D eigenvalue weighted by Gasteiger charge is -2.47. The second-order valence-electron chi connectivity index (χ2n) is 16.6. The Kier molecular flexibility index (Phi) is 12.8. The third kappa shape index (κ3) is 8.16. The van der Waals surface area contributed by atoms with E-state index in [1.807, 2.05) is 38.9 Å². The van der Waals surface area contributed by atoms with Crippen molar-refractivity contribution < 1.29 is 9.59 Å². The predicted octanol–water partition coefficient (Wildman–Crippen LogP) is 7.47. The molecule has 9 nitrogen and oxygen atoms in total. The van der Waals surface area contributed by atoms with Gasteiger partial charge in [0.05, 0.1) is 5.92 Å². The van der Waals surface area contributed by atoms with Crippen molar-refractivity contribution in [3.63, 3.8) is 0 Å². The summed E-state index contributed by atoms with van der Waals surface area (Å²) in [6.45, 7) is 13.9. The van der Waals surface area contributed by atoms with Crippen LogP contribution in [0.4, 0.5) is 4.79 Å². The van der Waals surface area contributed by atoms with Crippen LogP contribution >= 0.6 is 11.8 Å². The molecule has 2 aliphatic heterocycles. The molecule has 8 rings (SSSR count). The average Bonchev–Trinajstić information content (AvgIpc) is 3.80. The first-order valence-electron chi connectivity index (χ1n) is 20.8. The van der Waals surface area contributed by atoms with Crippen molar-refractivity contribution in [3.8, 4) is 0 Å². The van der Waals surface area contributed by atoms with E-state index in [-0.39, 0.29) is 23.8 Å². The molecule has 10 heteroatoms. The number of nitrogens with zero attached hydrogens (tertiary/aromatic N) is 4. The van der Waals surface area contributed by atoms with Crippen LogP contribution in [0.2, 0.25) is 0 Å². The number of benzene rings is 2. The Morgan fingerprint density at radius 1 is 0.909 bits per heavy atom. The Morgan fingerprint density at radius 3 is 2.13 bits per heavy atom. The number of carbonyl (C=O) groups is 2. The molecule has 0 spiro atoms. The maximum absolute atomic E-state index is 13.7. The lowest BCUT2D eigenvalue weighted by Crippen LogP contribution is -2.55. The third-order valence-corrected chi connectivity index (χ3v) is 13.5. The minimum atomic E-state index is -0.280. The lowest BCUT2D eigenvalue weighted by atomic mass is 9.72. The highest BCUT2D eigenvalue weighted by Gasteiger charge is 2.44. The molecular weight excluding hydrogens is 703 g/mol. The average molecular weight is 766 g/mol. The maximum Gasteiger partial charge on any atom is 0.324 e. The summed E-state index contributed by atoms with van der Waals surface area (Å²) in [5, 5.41) is 5.69. The molecule has 1 unspecified atom stereocenters. The van der Waals surface area contributed by atoms with E-state index in [0.29, 0.717) is 31.7 Å². The molecule has 0 radical (unpaired) electrons. The normalized spacial score (nSPS) is 24.5. The number of imide groups is 1. The third-order valence-electron chi connectivity index (χ3n) is 12.7. The van der Waals surface area contributed by atoms with E-state index in [1.54, 1.807) is 5.56 Å². The highest BCUT2D eigenvalue weighted by molar-refractivity contribution is 7.98. The van der Waals surface area contributed by atoms with Gasteiger partial charge in [0.1, 0.15) is 0 Å². The number of carbonyl (C=O) groups excluding carboxylic acids is 2. The Morgan fingerprint density at radius 2 is 1.55 bits per heavy atom. The first-order valence-corrected chi connectivity index (χ1v) is 22.1. The van der Waals surface area contributed by atoms with Gasteiger partial charge in [-0.2, -0.15) is 11.8 Å². The standard InChI is InChI=1S/C26H37N5O2.C19H26N2S/c1-5-11-30-17-19(25(32)31(26(33)27-6-2)13-8-12-29(3)4)14-21-20-9-7-10-22-24(20)18(16-28-22)15-23(21)30;1-3-7-21-11-13(12-22-2)8-16-15-5-4-6-17-19(15)14(10-20-17)9-18(16)21/h5,7,9-10,16,19,21,23,28H,1,6,8,11-15,17H2,2-4H3,(H,27,33);4-6,10,13,16,18,20H,3,7-9,11-12H2,1-2H3/t19-,21?,23-;13-,16-,18-/m11/s1. The molecule has 4 aromatic rings. The summed E-state index contributed by atoms with van der Waals surface area (Å²) < 4.78 is 0. The summed E-state index contributed by atoms with van der Waals surface area (Å²) in [7, 11) is 4.01. The van der Waals surface area contributed by atoms with Crippen molar-refractivity contribution in [2.45, 2.75) is 76.3 Å². The van der Waals surface area contributed by atoms with Gasteiger partial charge in [-0.15, -0.1) is 6.58 Å². The van der Waals surface area contributed by atoms with Crippen molar-refractivity contribution in [2.75, 3.05) is 71.9 Å². The van der Waals surface area contributed by atoms with Crippen LogP contribution in [0.3, 0.4) is 0 Å². The molecule has 2 aliphatic carbocycles. The molecule has 0 bridgehead atoms. The molecule has 2 aromatic heterocycles. The van der Waals surface area contributed by atoms with Gasteiger partial charge in [0.15, 0.2) is 0 Å². The van der Waals surface area contributed by atoms with Crippen molar-refractivity contribution in [2.24, 2.45) is 11.8 Å². The van der Waals surface area contributed by atoms with Crippen LogP contribution in [-0.2, 0) is 17.6 Å². The SMILES string of the molecule is C=CCN1C[C@H](C(=O)N(CCCN(C)C)C(=O)NCC)CC2c3cccc4[nH]cc(c34)C[C@H]21.CCCN1C[C@H](CSC)C[C@@H]2c3cccc4[nH]cc(c34)C[C@H]21. The van der Waals surface area contributed by atoms with E-state index >= 15 is 0 Å². The van der Waals surface area contributed by atoms with Crippen molar-refractivity contribution in [3.05, 3.63) is 83.7 Å². The molecule has 4 aliphatic rings. The molecule has 296 valence electrons. The molecule has 6 atom stereocenters. The fourth-order valence-corrected chi connectivity index (χ4v) is 11.2. The number of urea groups is 1. The van der Waals surface area contributed by atoms with Crippen LogP contribution in [0.5, 0.6) is 0 Å². The number of fused-ring (bicyclic) bond motifs is 4. The molecule has 2 saturated heterocycles. The first kappa shape index (κ1) is 39.7. The monoisotopic (exact) mass is 765 g/mol. The van der Waals surface area contributed by atoms with Crippen molar-refractivity contribution in [1.29, 1.82) is 0 Å². The molecule has 2 fully saturated rings. The number of nitrogens with one attached hydrogen (secondary N) is 3. The Hall–Kier alpha value is -3.57. The number of hydrogen-bond donors (Lipinski definition) is 3. The van der Waals surface area contributed by atoms with Gasteiger partial charge in [0.25, 0.3) is 0 Å². The fraction of sp³-hybridized carbons (Fsp3) is 0.556. The van der Waals surface area contributed by atoms with E-state index < -0.39 is 0 Å². The second-order valence-corrected chi connectivity index (χ2v) is 17.5. The number of rotatable bonds is 12. The Balaban J connectivity index is 0.000000183. The molecule has 3 amide bonds. The number of H-pyrrole nitrogens is 2. The van der Waals surface area contributed by atoms with Gasteiger partial charge in [0.2, 0.25) is 5.91 Å². The largest absolute Gasteiger partial charge is 0.361 e. The highest BCUT2D eigenvalue weighted by Crippen LogP contribution is 2.46. The van der Waals surface area contributed by atoms with Gasteiger partial charge in [-0.1, -0.05) is 37.3 Å². The summed E-state index contributed by atoms with van der Waals surface area (Å²) in [5.41, 5.74) is 8.32. The Bertz CT molecular complexity index is 1950. The molecule has 55 heavy (non-hydrogen) atoms. The van der Waals surface area contributed by atoms with Crippen LogP contribution in [0, 0.1) is 11.8 Å². The summed E-state index contributed by atoms with van der Waals surface area (Å²) in [6, 6.07) is 14.1. The van der Waals surface area contributed by atoms with Gasteiger partial charge in [-0.3, -0.25) is 19.5 Å². The van der Waals surface area contributed by atoms with Crippen LogP contribution in [-0.4, -0.2) is 126 Å². The number of aromatic nitrogens is 2.